The lowest BCUT2D eigenvalue weighted by Crippen LogP contribution is -2.31. The standard InChI is InChI=1S/C18H22.C9H13NO.H2/c1-8-14(5)18(6,7)17-15(9-2)11-10-12-16(17)13(3)4;1-6-2-5-8(11)10-9(6)7-3-4-7;/h2,10-13H,1H2,3-7H3;6H,2-5H2,1H3,(H,10,11);1H. The van der Waals surface area contributed by atoms with Crippen molar-refractivity contribution in [1.29, 1.82) is 0 Å². The highest BCUT2D eigenvalue weighted by Crippen LogP contribution is 2.38. The molecule has 1 aromatic carbocycles. The van der Waals surface area contributed by atoms with Gasteiger partial charge in [0, 0.05) is 24.5 Å². The number of hydrogen-bond donors (Lipinski definition) is 1. The van der Waals surface area contributed by atoms with Crippen LogP contribution in [0, 0.1) is 18.3 Å². The lowest BCUT2D eigenvalue weighted by atomic mass is 9.72. The average Bonchev–Trinajstić information content (AvgIpc) is 3.54. The molecule has 2 fully saturated rings. The second-order valence-electron chi connectivity index (χ2n) is 9.00. The quantitative estimate of drug-likeness (QED) is 0.455. The molecule has 2 aliphatic rings. The molecule has 0 radical (unpaired) electrons. The molecule has 1 unspecified atom stereocenters. The van der Waals surface area contributed by atoms with Gasteiger partial charge in [-0.3, -0.25) is 4.79 Å². The van der Waals surface area contributed by atoms with E-state index >= 15 is 0 Å². The molecule has 1 aliphatic carbocycles. The topological polar surface area (TPSA) is 29.1 Å². The van der Waals surface area contributed by atoms with E-state index in [-0.39, 0.29) is 12.7 Å². The first-order valence-electron chi connectivity index (χ1n) is 10.6. The van der Waals surface area contributed by atoms with Gasteiger partial charge in [-0.1, -0.05) is 59.3 Å². The Morgan fingerprint density at radius 3 is 2.48 bits per heavy atom. The van der Waals surface area contributed by atoms with Gasteiger partial charge in [-0.15, -0.1) is 12.2 Å². The van der Waals surface area contributed by atoms with Gasteiger partial charge in [0.1, 0.15) is 0 Å². The number of allylic oxidation sites excluding steroid dienone is 3. The number of rotatable bonds is 3. The second-order valence-corrected chi connectivity index (χ2v) is 9.00. The summed E-state index contributed by atoms with van der Waals surface area (Å²) in [5, 5.41) is 2.97. The fourth-order valence-electron chi connectivity index (χ4n) is 3.87. The van der Waals surface area contributed by atoms with Crippen LogP contribution >= 0.6 is 0 Å². The maximum absolute atomic E-state index is 11.0. The van der Waals surface area contributed by atoms with E-state index in [0.717, 1.165) is 17.6 Å². The number of carbonyl (C=O) groups is 1. The molecular weight excluding hydrogens is 354 g/mol. The Hall–Kier alpha value is -2.49. The molecule has 3 rings (SSSR count). The van der Waals surface area contributed by atoms with Gasteiger partial charge in [0.2, 0.25) is 5.91 Å². The first kappa shape index (κ1) is 22.8. The Bertz CT molecular complexity index is 901. The summed E-state index contributed by atoms with van der Waals surface area (Å²) >= 11 is 0. The van der Waals surface area contributed by atoms with E-state index in [1.807, 2.05) is 12.1 Å². The number of piperidine rings is 1. The fraction of sp³-hybridized carbons (Fsp3) is 0.481. The summed E-state index contributed by atoms with van der Waals surface area (Å²) in [6.45, 7) is 16.8. The zero-order valence-corrected chi connectivity index (χ0v) is 18.9. The number of terminal acetylenes is 1. The molecule has 2 heteroatoms. The Balaban J connectivity index is 0.000000320. The summed E-state index contributed by atoms with van der Waals surface area (Å²) < 4.78 is 0. The van der Waals surface area contributed by atoms with Crippen LogP contribution in [0.5, 0.6) is 0 Å². The zero-order chi connectivity index (χ0) is 21.8. The van der Waals surface area contributed by atoms with Crippen LogP contribution in [0.3, 0.4) is 0 Å². The molecule has 1 saturated carbocycles. The van der Waals surface area contributed by atoms with Gasteiger partial charge in [0.05, 0.1) is 0 Å². The van der Waals surface area contributed by atoms with Crippen LogP contribution in [0.15, 0.2) is 47.4 Å². The van der Waals surface area contributed by atoms with Crippen molar-refractivity contribution >= 4 is 5.91 Å². The van der Waals surface area contributed by atoms with Gasteiger partial charge in [0.15, 0.2) is 0 Å². The molecule has 0 aromatic heterocycles. The van der Waals surface area contributed by atoms with Crippen LogP contribution in [0.1, 0.15) is 91.3 Å². The van der Waals surface area contributed by atoms with Crippen LogP contribution < -0.4 is 5.32 Å². The highest BCUT2D eigenvalue weighted by Gasteiger charge is 2.29. The minimum absolute atomic E-state index is 0. The molecule has 1 N–H and O–H groups in total. The Morgan fingerprint density at radius 2 is 1.97 bits per heavy atom. The summed E-state index contributed by atoms with van der Waals surface area (Å²) in [7, 11) is 0. The third kappa shape index (κ3) is 5.31. The summed E-state index contributed by atoms with van der Waals surface area (Å²) in [6.07, 6.45) is 9.82. The summed E-state index contributed by atoms with van der Waals surface area (Å²) in [4.78, 5) is 11.0. The highest BCUT2D eigenvalue weighted by atomic mass is 16.1. The highest BCUT2D eigenvalue weighted by molar-refractivity contribution is 5.79. The van der Waals surface area contributed by atoms with E-state index in [4.69, 9.17) is 6.42 Å². The summed E-state index contributed by atoms with van der Waals surface area (Å²) in [5.74, 6) is 4.06. The third-order valence-electron chi connectivity index (χ3n) is 6.15. The number of carbonyl (C=O) groups excluding carboxylic acids is 1. The smallest absolute Gasteiger partial charge is 0.224 e. The lowest BCUT2D eigenvalue weighted by Gasteiger charge is -2.30. The van der Waals surface area contributed by atoms with Crippen molar-refractivity contribution < 1.29 is 6.22 Å². The summed E-state index contributed by atoms with van der Waals surface area (Å²) in [5.41, 5.74) is 10.2. The predicted octanol–water partition coefficient (Wildman–Crippen LogP) is 6.63. The largest absolute Gasteiger partial charge is 0.330 e. The second kappa shape index (κ2) is 9.34. The van der Waals surface area contributed by atoms with Crippen LogP contribution in [0.4, 0.5) is 0 Å². The van der Waals surface area contributed by atoms with E-state index in [9.17, 15) is 4.79 Å². The molecule has 156 valence electrons. The molecule has 0 spiro atoms. The molecule has 1 amide bonds. The lowest BCUT2D eigenvalue weighted by molar-refractivity contribution is -0.121. The normalized spacial score (nSPS) is 18.3. The van der Waals surface area contributed by atoms with Crippen molar-refractivity contribution in [3.8, 4) is 12.3 Å². The monoisotopic (exact) mass is 391 g/mol. The van der Waals surface area contributed by atoms with Crippen molar-refractivity contribution in [2.24, 2.45) is 5.92 Å². The van der Waals surface area contributed by atoms with Crippen LogP contribution in [0.25, 0.3) is 0 Å². The summed E-state index contributed by atoms with van der Waals surface area (Å²) in [6, 6.07) is 6.22. The number of hydrogen-bond acceptors (Lipinski definition) is 1. The van der Waals surface area contributed by atoms with Gasteiger partial charge in [0.25, 0.3) is 0 Å². The van der Waals surface area contributed by atoms with Crippen LogP contribution in [0.2, 0.25) is 0 Å². The van der Waals surface area contributed by atoms with E-state index < -0.39 is 0 Å². The molecule has 1 aromatic rings. The van der Waals surface area contributed by atoms with Crippen molar-refractivity contribution in [2.75, 3.05) is 0 Å². The van der Waals surface area contributed by atoms with Gasteiger partial charge in [-0.05, 0) is 66.4 Å². The minimum atomic E-state index is -0.135. The Morgan fingerprint density at radius 1 is 1.31 bits per heavy atom. The molecule has 2 nitrogen and oxygen atoms in total. The van der Waals surface area contributed by atoms with E-state index in [0.29, 0.717) is 18.3 Å². The number of amides is 1. The van der Waals surface area contributed by atoms with Gasteiger partial charge < -0.3 is 5.32 Å². The minimum Gasteiger partial charge on any atom is -0.330 e. The molecular formula is C27H37NO. The Kier molecular flexibility index (Phi) is 7.34. The first-order valence-corrected chi connectivity index (χ1v) is 10.6. The zero-order valence-electron chi connectivity index (χ0n) is 18.9. The molecule has 29 heavy (non-hydrogen) atoms. The number of benzene rings is 1. The maximum Gasteiger partial charge on any atom is 0.224 e. The molecule has 1 atom stereocenters. The van der Waals surface area contributed by atoms with E-state index in [1.54, 1.807) is 0 Å². The SMILES string of the molecule is C#Cc1cccc(C(C)C)c1C(C)(C)C(C)=C=C.CC1CCC(=O)NC1=C1CC1.[HH]. The number of nitrogens with one attached hydrogen (secondary N) is 1. The molecule has 0 bridgehead atoms. The molecule has 1 saturated heterocycles. The van der Waals surface area contributed by atoms with Crippen molar-refractivity contribution in [3.05, 3.63) is 64.0 Å². The van der Waals surface area contributed by atoms with Crippen molar-refractivity contribution in [1.82, 2.24) is 5.32 Å². The third-order valence-corrected chi connectivity index (χ3v) is 6.15. The maximum atomic E-state index is 11.0. The fourth-order valence-corrected chi connectivity index (χ4v) is 3.87. The van der Waals surface area contributed by atoms with Crippen LogP contribution in [-0.4, -0.2) is 5.91 Å². The first-order chi connectivity index (χ1) is 13.6. The van der Waals surface area contributed by atoms with Gasteiger partial charge in [-0.2, -0.15) is 0 Å². The Labute approximate surface area is 178 Å². The van der Waals surface area contributed by atoms with Gasteiger partial charge in [-0.25, -0.2) is 0 Å². The van der Waals surface area contributed by atoms with E-state index in [1.165, 1.54) is 35.2 Å². The van der Waals surface area contributed by atoms with Crippen molar-refractivity contribution in [2.45, 2.75) is 78.6 Å². The van der Waals surface area contributed by atoms with Crippen molar-refractivity contribution in [3.63, 3.8) is 0 Å². The van der Waals surface area contributed by atoms with Gasteiger partial charge >= 0.3 is 0 Å². The predicted molar refractivity (Wildman–Crippen MR) is 125 cm³/mol. The molecule has 1 heterocycles. The molecule has 1 aliphatic heterocycles. The average molecular weight is 392 g/mol. The van der Waals surface area contributed by atoms with Crippen LogP contribution in [-0.2, 0) is 10.2 Å². The van der Waals surface area contributed by atoms with E-state index in [2.05, 4.69) is 71.2 Å².